The van der Waals surface area contributed by atoms with Crippen molar-refractivity contribution in [3.8, 4) is 0 Å². The number of aliphatic hydroxyl groups excluding tert-OH is 1. The average molecular weight is 270 g/mol. The topological polar surface area (TPSA) is 69.6 Å². The monoisotopic (exact) mass is 270 g/mol. The number of nitrogens with one attached hydrogen (secondary N) is 1. The third-order valence-electron chi connectivity index (χ3n) is 3.71. The van der Waals surface area contributed by atoms with Crippen LogP contribution >= 0.6 is 0 Å². The first kappa shape index (κ1) is 16.0. The molecule has 2 amide bonds. The fourth-order valence-corrected chi connectivity index (χ4v) is 2.38. The second-order valence-electron chi connectivity index (χ2n) is 5.97. The number of amides is 2. The molecule has 0 aromatic rings. The van der Waals surface area contributed by atoms with E-state index in [1.165, 1.54) is 0 Å². The van der Waals surface area contributed by atoms with Crippen LogP contribution in [0, 0.1) is 5.41 Å². The molecule has 1 saturated heterocycles. The molecule has 1 aliphatic heterocycles. The third-order valence-corrected chi connectivity index (χ3v) is 3.71. The quantitative estimate of drug-likeness (QED) is 0.722. The molecule has 0 saturated carbocycles. The molecule has 5 heteroatoms. The van der Waals surface area contributed by atoms with Gasteiger partial charge in [0.2, 0.25) is 11.8 Å². The molecule has 1 aliphatic rings. The van der Waals surface area contributed by atoms with Gasteiger partial charge in [-0.2, -0.15) is 0 Å². The molecule has 1 unspecified atom stereocenters. The Morgan fingerprint density at radius 3 is 2.68 bits per heavy atom. The number of aliphatic hydroxyl groups is 1. The van der Waals surface area contributed by atoms with Crippen LogP contribution in [0.2, 0.25) is 0 Å². The van der Waals surface area contributed by atoms with Crippen molar-refractivity contribution in [1.82, 2.24) is 10.2 Å². The number of carbonyl (C=O) groups excluding carboxylic acids is 2. The van der Waals surface area contributed by atoms with Gasteiger partial charge in [-0.25, -0.2) is 0 Å². The summed E-state index contributed by atoms with van der Waals surface area (Å²) in [4.78, 5) is 25.6. The Balaban J connectivity index is 2.53. The average Bonchev–Trinajstić information content (AvgIpc) is 2.74. The smallest absolute Gasteiger partial charge is 0.242 e. The van der Waals surface area contributed by atoms with Gasteiger partial charge in [-0.3, -0.25) is 9.59 Å². The maximum absolute atomic E-state index is 12.2. The molecular formula is C14H26N2O3. The molecule has 0 radical (unpaired) electrons. The number of hydrogen-bond donors (Lipinski definition) is 2. The van der Waals surface area contributed by atoms with Gasteiger partial charge in [0.05, 0.1) is 0 Å². The molecule has 0 bridgehead atoms. The van der Waals surface area contributed by atoms with Gasteiger partial charge < -0.3 is 15.3 Å². The normalized spacial score (nSPS) is 17.7. The van der Waals surface area contributed by atoms with E-state index in [9.17, 15) is 9.59 Å². The van der Waals surface area contributed by atoms with Crippen molar-refractivity contribution < 1.29 is 14.7 Å². The summed E-state index contributed by atoms with van der Waals surface area (Å²) in [6.07, 6.45) is 2.68. The van der Waals surface area contributed by atoms with Crippen molar-refractivity contribution in [2.75, 3.05) is 19.7 Å². The lowest BCUT2D eigenvalue weighted by atomic mass is 9.89. The summed E-state index contributed by atoms with van der Waals surface area (Å²) in [6.45, 7) is 7.26. The van der Waals surface area contributed by atoms with Crippen LogP contribution < -0.4 is 5.32 Å². The molecule has 0 aliphatic carbocycles. The highest BCUT2D eigenvalue weighted by Crippen LogP contribution is 2.19. The van der Waals surface area contributed by atoms with E-state index in [0.717, 1.165) is 6.42 Å². The van der Waals surface area contributed by atoms with E-state index in [0.29, 0.717) is 32.4 Å². The van der Waals surface area contributed by atoms with Gasteiger partial charge in [0, 0.05) is 26.1 Å². The summed E-state index contributed by atoms with van der Waals surface area (Å²) in [5.41, 5.74) is -0.127. The standard InChI is InChI=1S/C14H26N2O3/c1-4-11(16-8-5-6-12(16)18)13(19)15-10-14(2,3)7-9-17/h11,17H,4-10H2,1-3H3,(H,15,19). The first-order valence-electron chi connectivity index (χ1n) is 7.09. The van der Waals surface area contributed by atoms with Crippen molar-refractivity contribution in [1.29, 1.82) is 0 Å². The van der Waals surface area contributed by atoms with Crippen LogP contribution in [0.3, 0.4) is 0 Å². The lowest BCUT2D eigenvalue weighted by Crippen LogP contribution is -2.49. The zero-order valence-corrected chi connectivity index (χ0v) is 12.2. The molecule has 0 spiro atoms. The molecule has 1 atom stereocenters. The van der Waals surface area contributed by atoms with E-state index in [1.807, 2.05) is 20.8 Å². The Kier molecular flexibility index (Phi) is 5.79. The Labute approximate surface area is 115 Å². The summed E-state index contributed by atoms with van der Waals surface area (Å²) in [5.74, 6) is 0.000355. The van der Waals surface area contributed by atoms with E-state index >= 15 is 0 Å². The van der Waals surface area contributed by atoms with Crippen molar-refractivity contribution in [3.63, 3.8) is 0 Å². The fourth-order valence-electron chi connectivity index (χ4n) is 2.38. The Hall–Kier alpha value is -1.10. The largest absolute Gasteiger partial charge is 0.396 e. The minimum absolute atomic E-state index is 0.0798. The zero-order valence-electron chi connectivity index (χ0n) is 12.2. The minimum Gasteiger partial charge on any atom is -0.396 e. The number of rotatable bonds is 7. The summed E-state index contributed by atoms with van der Waals surface area (Å²) in [5, 5.41) is 11.9. The van der Waals surface area contributed by atoms with Crippen LogP contribution in [-0.2, 0) is 9.59 Å². The van der Waals surface area contributed by atoms with Gasteiger partial charge in [-0.1, -0.05) is 20.8 Å². The van der Waals surface area contributed by atoms with Crippen molar-refractivity contribution in [2.45, 2.75) is 52.5 Å². The second kappa shape index (κ2) is 6.89. The van der Waals surface area contributed by atoms with Gasteiger partial charge in [0.25, 0.3) is 0 Å². The molecular weight excluding hydrogens is 244 g/mol. The van der Waals surface area contributed by atoms with Crippen LogP contribution in [0.4, 0.5) is 0 Å². The third kappa shape index (κ3) is 4.49. The van der Waals surface area contributed by atoms with E-state index in [4.69, 9.17) is 5.11 Å². The lowest BCUT2D eigenvalue weighted by molar-refractivity contribution is -0.137. The number of carbonyl (C=O) groups is 2. The molecule has 19 heavy (non-hydrogen) atoms. The summed E-state index contributed by atoms with van der Waals surface area (Å²) < 4.78 is 0. The number of likely N-dealkylation sites (tertiary alicyclic amines) is 1. The maximum atomic E-state index is 12.2. The molecule has 1 rings (SSSR count). The van der Waals surface area contributed by atoms with Crippen LogP contribution in [0.15, 0.2) is 0 Å². The zero-order chi connectivity index (χ0) is 14.5. The van der Waals surface area contributed by atoms with Gasteiger partial charge in [0.1, 0.15) is 6.04 Å². The summed E-state index contributed by atoms with van der Waals surface area (Å²) in [7, 11) is 0. The van der Waals surface area contributed by atoms with E-state index in [-0.39, 0.29) is 29.9 Å². The minimum atomic E-state index is -0.347. The summed E-state index contributed by atoms with van der Waals surface area (Å²) in [6, 6.07) is -0.347. The second-order valence-corrected chi connectivity index (χ2v) is 5.97. The molecule has 110 valence electrons. The molecule has 0 aromatic heterocycles. The van der Waals surface area contributed by atoms with Crippen LogP contribution in [0.25, 0.3) is 0 Å². The highest BCUT2D eigenvalue weighted by molar-refractivity contribution is 5.88. The Morgan fingerprint density at radius 2 is 2.21 bits per heavy atom. The van der Waals surface area contributed by atoms with Gasteiger partial charge in [-0.05, 0) is 24.7 Å². The van der Waals surface area contributed by atoms with E-state index in [1.54, 1.807) is 4.90 Å². The SMILES string of the molecule is CCC(C(=O)NCC(C)(C)CCO)N1CCCC1=O. The van der Waals surface area contributed by atoms with Crippen LogP contribution in [0.5, 0.6) is 0 Å². The van der Waals surface area contributed by atoms with Crippen molar-refractivity contribution >= 4 is 11.8 Å². The molecule has 5 nitrogen and oxygen atoms in total. The van der Waals surface area contributed by atoms with Crippen molar-refractivity contribution in [3.05, 3.63) is 0 Å². The first-order chi connectivity index (χ1) is 8.91. The highest BCUT2D eigenvalue weighted by Gasteiger charge is 2.32. The number of nitrogens with zero attached hydrogens (tertiary/aromatic N) is 1. The van der Waals surface area contributed by atoms with Gasteiger partial charge in [-0.15, -0.1) is 0 Å². The molecule has 2 N–H and O–H groups in total. The van der Waals surface area contributed by atoms with Gasteiger partial charge >= 0.3 is 0 Å². The van der Waals surface area contributed by atoms with Crippen LogP contribution in [0.1, 0.15) is 46.5 Å². The van der Waals surface area contributed by atoms with Gasteiger partial charge in [0.15, 0.2) is 0 Å². The number of hydrogen-bond acceptors (Lipinski definition) is 3. The van der Waals surface area contributed by atoms with Crippen molar-refractivity contribution in [2.24, 2.45) is 5.41 Å². The molecule has 1 heterocycles. The van der Waals surface area contributed by atoms with E-state index in [2.05, 4.69) is 5.32 Å². The fraction of sp³-hybridized carbons (Fsp3) is 0.857. The maximum Gasteiger partial charge on any atom is 0.242 e. The highest BCUT2D eigenvalue weighted by atomic mass is 16.3. The Bertz CT molecular complexity index is 329. The predicted octanol–water partition coefficient (Wildman–Crippen LogP) is 0.912. The lowest BCUT2D eigenvalue weighted by Gasteiger charge is -2.29. The predicted molar refractivity (Wildman–Crippen MR) is 73.5 cm³/mol. The summed E-state index contributed by atoms with van der Waals surface area (Å²) >= 11 is 0. The first-order valence-corrected chi connectivity index (χ1v) is 7.09. The molecule has 0 aromatic carbocycles. The Morgan fingerprint density at radius 1 is 1.53 bits per heavy atom. The van der Waals surface area contributed by atoms with Crippen LogP contribution in [-0.4, -0.2) is 47.6 Å². The molecule has 1 fully saturated rings. The van der Waals surface area contributed by atoms with E-state index < -0.39 is 0 Å².